The zero-order valence-electron chi connectivity index (χ0n) is 17.3. The monoisotopic (exact) mass is 464 g/mol. The molecule has 0 aliphatic heterocycles. The van der Waals surface area contributed by atoms with Crippen molar-refractivity contribution in [3.8, 4) is 0 Å². The van der Waals surface area contributed by atoms with Gasteiger partial charge in [-0.2, -0.15) is 0 Å². The second-order valence-corrected chi connectivity index (χ2v) is 7.62. The zero-order chi connectivity index (χ0) is 19.3. The van der Waals surface area contributed by atoms with E-state index < -0.39 is 5.91 Å². The molecule has 0 spiro atoms. The Bertz CT molecular complexity index is 349. The molecule has 0 bridgehead atoms. The van der Waals surface area contributed by atoms with E-state index in [1.807, 2.05) is 0 Å². The van der Waals surface area contributed by atoms with Crippen molar-refractivity contribution in [2.45, 2.75) is 122 Å². The van der Waals surface area contributed by atoms with Crippen molar-refractivity contribution in [2.24, 2.45) is 5.73 Å². The van der Waals surface area contributed by atoms with Crippen LogP contribution in [0.4, 0.5) is 0 Å². The Kier molecular flexibility index (Phi) is 52.4. The van der Waals surface area contributed by atoms with Gasteiger partial charge in [-0.1, -0.05) is 103 Å². The van der Waals surface area contributed by atoms with E-state index in [0.29, 0.717) is 0 Å². The quantitative estimate of drug-likeness (QED) is 0.215. The first kappa shape index (κ1) is 43.0. The molecule has 4 nitrogen and oxygen atoms in total. The molecular formula is C22H48N2Na4O2. The zero-order valence-corrected chi connectivity index (χ0v) is 17.3. The third-order valence-corrected chi connectivity index (χ3v) is 4.95. The van der Waals surface area contributed by atoms with E-state index in [9.17, 15) is 9.59 Å². The van der Waals surface area contributed by atoms with Gasteiger partial charge in [0.05, 0.1) is 0 Å². The molecule has 0 aromatic rings. The molecule has 0 unspecified atom stereocenters. The summed E-state index contributed by atoms with van der Waals surface area (Å²) in [6.07, 6.45) is 22.0. The summed E-state index contributed by atoms with van der Waals surface area (Å²) in [4.78, 5) is 22.0. The first-order valence-electron chi connectivity index (χ1n) is 11.2. The first-order valence-corrected chi connectivity index (χ1v) is 11.2. The van der Waals surface area contributed by atoms with Crippen LogP contribution in [0.25, 0.3) is 0 Å². The van der Waals surface area contributed by atoms with E-state index in [1.54, 1.807) is 0 Å². The second kappa shape index (κ2) is 36.5. The third-order valence-electron chi connectivity index (χ3n) is 4.95. The maximum atomic E-state index is 11.4. The van der Waals surface area contributed by atoms with Crippen LogP contribution in [0.3, 0.4) is 0 Å². The number of nitrogens with two attached hydrogens (primary N) is 1. The van der Waals surface area contributed by atoms with Crippen LogP contribution in [0.1, 0.15) is 122 Å². The van der Waals surface area contributed by atoms with Crippen molar-refractivity contribution in [3.63, 3.8) is 0 Å². The average Bonchev–Trinajstić information content (AvgIpc) is 2.62. The van der Waals surface area contributed by atoms with Crippen molar-refractivity contribution in [3.05, 3.63) is 0 Å². The van der Waals surface area contributed by atoms with Gasteiger partial charge in [0.15, 0.2) is 0 Å². The summed E-state index contributed by atoms with van der Waals surface area (Å²) in [6.45, 7) is 2.99. The van der Waals surface area contributed by atoms with Gasteiger partial charge in [-0.3, -0.25) is 9.59 Å². The molecular weight excluding hydrogens is 416 g/mol. The Morgan fingerprint density at radius 1 is 0.567 bits per heavy atom. The number of carbonyl (C=O) groups is 2. The number of primary amides is 1. The summed E-state index contributed by atoms with van der Waals surface area (Å²) >= 11 is 0. The summed E-state index contributed by atoms with van der Waals surface area (Å²) in [6, 6.07) is 0. The minimum absolute atomic E-state index is 0. The van der Waals surface area contributed by atoms with Gasteiger partial charge in [0.2, 0.25) is 11.8 Å². The molecule has 0 saturated heterocycles. The SMILES string of the molecule is CCCCCCCCCCCCCCCCCCNC(=O)CCC(N)=O.[NaH].[NaH].[NaH].[NaH]. The molecule has 0 aliphatic rings. The molecule has 0 aromatic heterocycles. The van der Waals surface area contributed by atoms with Gasteiger partial charge in [0.25, 0.3) is 0 Å². The van der Waals surface area contributed by atoms with E-state index in [2.05, 4.69) is 12.2 Å². The van der Waals surface area contributed by atoms with Crippen LogP contribution < -0.4 is 11.1 Å². The Balaban J connectivity index is -0.000000521. The predicted octanol–water partition coefficient (Wildman–Crippen LogP) is 3.04. The number of nitrogens with one attached hydrogen (secondary N) is 1. The van der Waals surface area contributed by atoms with Gasteiger partial charge in [0.1, 0.15) is 0 Å². The van der Waals surface area contributed by atoms with Crippen LogP contribution in [0.2, 0.25) is 0 Å². The van der Waals surface area contributed by atoms with Gasteiger partial charge in [-0.25, -0.2) is 0 Å². The summed E-state index contributed by atoms with van der Waals surface area (Å²) < 4.78 is 0. The molecule has 0 aliphatic carbocycles. The van der Waals surface area contributed by atoms with Crippen molar-refractivity contribution in [1.82, 2.24) is 5.32 Å². The molecule has 0 rings (SSSR count). The van der Waals surface area contributed by atoms with E-state index in [1.165, 1.54) is 96.3 Å². The molecule has 0 fully saturated rings. The minimum atomic E-state index is -0.414. The summed E-state index contributed by atoms with van der Waals surface area (Å²) in [5.41, 5.74) is 5.02. The van der Waals surface area contributed by atoms with Crippen LogP contribution in [0.5, 0.6) is 0 Å². The van der Waals surface area contributed by atoms with E-state index in [0.717, 1.165) is 13.0 Å². The van der Waals surface area contributed by atoms with Crippen molar-refractivity contribution < 1.29 is 9.59 Å². The Morgan fingerprint density at radius 3 is 1.23 bits per heavy atom. The number of hydrogen-bond acceptors (Lipinski definition) is 2. The Morgan fingerprint density at radius 2 is 0.900 bits per heavy atom. The topological polar surface area (TPSA) is 72.2 Å². The third kappa shape index (κ3) is 38.2. The van der Waals surface area contributed by atoms with Crippen LogP contribution in [-0.4, -0.2) is 137 Å². The van der Waals surface area contributed by atoms with E-state index >= 15 is 0 Å². The van der Waals surface area contributed by atoms with E-state index in [4.69, 9.17) is 5.73 Å². The molecule has 0 aromatic carbocycles. The molecule has 0 saturated carbocycles. The van der Waals surface area contributed by atoms with Crippen LogP contribution in [0, 0.1) is 0 Å². The number of rotatable bonds is 20. The first-order chi connectivity index (χ1) is 12.7. The van der Waals surface area contributed by atoms with Crippen molar-refractivity contribution >= 4 is 130 Å². The normalized spacial score (nSPS) is 9.37. The molecule has 0 radical (unpaired) electrons. The molecule has 30 heavy (non-hydrogen) atoms. The number of amides is 2. The summed E-state index contributed by atoms with van der Waals surface area (Å²) in [5, 5.41) is 2.84. The van der Waals surface area contributed by atoms with Crippen LogP contribution in [0.15, 0.2) is 0 Å². The number of carbonyl (C=O) groups excluding carboxylic acids is 2. The van der Waals surface area contributed by atoms with Gasteiger partial charge >= 0.3 is 118 Å². The molecule has 0 atom stereocenters. The fourth-order valence-electron chi connectivity index (χ4n) is 3.23. The van der Waals surface area contributed by atoms with Crippen LogP contribution >= 0.6 is 0 Å². The average molecular weight is 465 g/mol. The van der Waals surface area contributed by atoms with Crippen molar-refractivity contribution in [2.75, 3.05) is 6.54 Å². The molecule has 0 heterocycles. The van der Waals surface area contributed by atoms with Crippen molar-refractivity contribution in [1.29, 1.82) is 0 Å². The molecule has 162 valence electrons. The fourth-order valence-corrected chi connectivity index (χ4v) is 3.23. The fraction of sp³-hybridized carbons (Fsp3) is 0.909. The van der Waals surface area contributed by atoms with Crippen LogP contribution in [-0.2, 0) is 9.59 Å². The second-order valence-electron chi connectivity index (χ2n) is 7.62. The molecule has 2 amide bonds. The Hall–Kier alpha value is 2.94. The summed E-state index contributed by atoms with van der Waals surface area (Å²) in [5.74, 6) is -0.479. The van der Waals surface area contributed by atoms with Gasteiger partial charge in [-0.15, -0.1) is 0 Å². The maximum absolute atomic E-state index is 11.4. The summed E-state index contributed by atoms with van der Waals surface area (Å²) in [7, 11) is 0. The van der Waals surface area contributed by atoms with E-state index in [-0.39, 0.29) is 137 Å². The predicted molar refractivity (Wildman–Crippen MR) is 140 cm³/mol. The number of hydrogen-bond donors (Lipinski definition) is 2. The standard InChI is InChI=1S/C22H44N2O2.4Na.4H/c1-2-3-4-5-6-7-8-9-10-11-12-13-14-15-16-17-20-24-22(26)19-18-21(23)25;;;;;;;;/h2-20H2,1H3,(H2,23,25)(H,24,26);;;;;;;;. The van der Waals surface area contributed by atoms with Gasteiger partial charge < -0.3 is 11.1 Å². The number of unbranched alkanes of at least 4 members (excludes halogenated alkanes) is 15. The van der Waals surface area contributed by atoms with Gasteiger partial charge in [-0.05, 0) is 6.42 Å². The molecule has 8 heteroatoms. The Labute approximate surface area is 275 Å². The van der Waals surface area contributed by atoms with Gasteiger partial charge in [0, 0.05) is 19.4 Å². The molecule has 3 N–H and O–H groups in total.